The van der Waals surface area contributed by atoms with Crippen LogP contribution in [-0.2, 0) is 4.74 Å². The summed E-state index contributed by atoms with van der Waals surface area (Å²) in [6.07, 6.45) is 6.91. The smallest absolute Gasteiger partial charge is 0.0547 e. The first-order valence-corrected chi connectivity index (χ1v) is 6.87. The molecular formula is C13H28OS. The predicted octanol–water partition coefficient (Wildman–Crippen LogP) is 4.32. The van der Waals surface area contributed by atoms with Crippen molar-refractivity contribution in [3.63, 3.8) is 0 Å². The topological polar surface area (TPSA) is 9.23 Å². The molecule has 0 spiro atoms. The Bertz CT molecular complexity index is 145. The van der Waals surface area contributed by atoms with Crippen LogP contribution in [0.15, 0.2) is 0 Å². The molecule has 0 aromatic rings. The van der Waals surface area contributed by atoms with Crippen LogP contribution in [0, 0.1) is 5.41 Å². The zero-order chi connectivity index (χ0) is 11.7. The van der Waals surface area contributed by atoms with E-state index in [-0.39, 0.29) is 5.41 Å². The van der Waals surface area contributed by atoms with E-state index >= 15 is 0 Å². The Labute approximate surface area is 101 Å². The van der Waals surface area contributed by atoms with E-state index in [9.17, 15) is 0 Å². The van der Waals surface area contributed by atoms with Crippen LogP contribution in [0.1, 0.15) is 59.8 Å². The van der Waals surface area contributed by atoms with E-state index in [1.807, 2.05) is 0 Å². The molecule has 0 aromatic heterocycles. The van der Waals surface area contributed by atoms with Gasteiger partial charge in [0.15, 0.2) is 0 Å². The standard InChI is InChI=1S/C13H28OS/c1-5-6-7-8-9-12(2)14-10-13(3,4)11-15/h12,15H,5-11H2,1-4H3. The molecule has 0 radical (unpaired) electrons. The van der Waals surface area contributed by atoms with Crippen LogP contribution in [0.25, 0.3) is 0 Å². The number of hydrogen-bond acceptors (Lipinski definition) is 2. The quantitative estimate of drug-likeness (QED) is 0.460. The van der Waals surface area contributed by atoms with Gasteiger partial charge in [-0.25, -0.2) is 0 Å². The van der Waals surface area contributed by atoms with E-state index in [1.165, 1.54) is 32.1 Å². The lowest BCUT2D eigenvalue weighted by Crippen LogP contribution is -2.24. The molecule has 0 saturated carbocycles. The van der Waals surface area contributed by atoms with Crippen LogP contribution in [0.3, 0.4) is 0 Å². The third-order valence-corrected chi connectivity index (χ3v) is 3.51. The third-order valence-electron chi connectivity index (χ3n) is 2.65. The molecule has 0 amide bonds. The average molecular weight is 232 g/mol. The molecule has 0 saturated heterocycles. The summed E-state index contributed by atoms with van der Waals surface area (Å²) in [5.74, 6) is 0.884. The average Bonchev–Trinajstić information content (AvgIpc) is 2.22. The molecule has 2 heteroatoms. The highest BCUT2D eigenvalue weighted by atomic mass is 32.1. The van der Waals surface area contributed by atoms with Crippen molar-refractivity contribution in [1.82, 2.24) is 0 Å². The fourth-order valence-electron chi connectivity index (χ4n) is 1.36. The Kier molecular flexibility index (Phi) is 8.64. The van der Waals surface area contributed by atoms with E-state index in [1.54, 1.807) is 0 Å². The van der Waals surface area contributed by atoms with Crippen molar-refractivity contribution in [1.29, 1.82) is 0 Å². The van der Waals surface area contributed by atoms with Crippen LogP contribution in [-0.4, -0.2) is 18.5 Å². The minimum absolute atomic E-state index is 0.209. The summed E-state index contributed by atoms with van der Waals surface area (Å²) < 4.78 is 5.83. The van der Waals surface area contributed by atoms with E-state index < -0.39 is 0 Å². The molecule has 1 atom stereocenters. The largest absolute Gasteiger partial charge is 0.378 e. The Morgan fingerprint density at radius 3 is 2.40 bits per heavy atom. The molecule has 0 bridgehead atoms. The lowest BCUT2D eigenvalue weighted by molar-refractivity contribution is 0.0149. The molecule has 0 aliphatic heterocycles. The monoisotopic (exact) mass is 232 g/mol. The van der Waals surface area contributed by atoms with Gasteiger partial charge >= 0.3 is 0 Å². The van der Waals surface area contributed by atoms with Gasteiger partial charge in [-0.1, -0.05) is 46.5 Å². The van der Waals surface area contributed by atoms with Gasteiger partial charge < -0.3 is 4.74 Å². The molecule has 0 aliphatic rings. The first-order chi connectivity index (χ1) is 7.02. The molecule has 1 nitrogen and oxygen atoms in total. The molecule has 0 heterocycles. The zero-order valence-electron chi connectivity index (χ0n) is 10.9. The van der Waals surface area contributed by atoms with Crippen LogP contribution in [0.4, 0.5) is 0 Å². The van der Waals surface area contributed by atoms with Crippen LogP contribution >= 0.6 is 12.6 Å². The van der Waals surface area contributed by atoms with Gasteiger partial charge in [0.05, 0.1) is 12.7 Å². The van der Waals surface area contributed by atoms with Gasteiger partial charge in [-0.05, 0) is 24.5 Å². The second-order valence-corrected chi connectivity index (χ2v) is 5.61. The highest BCUT2D eigenvalue weighted by Crippen LogP contribution is 2.19. The summed E-state index contributed by atoms with van der Waals surface area (Å²) in [7, 11) is 0. The van der Waals surface area contributed by atoms with E-state index in [4.69, 9.17) is 4.74 Å². The van der Waals surface area contributed by atoms with Gasteiger partial charge in [0.1, 0.15) is 0 Å². The third kappa shape index (κ3) is 9.25. The van der Waals surface area contributed by atoms with Gasteiger partial charge in [-0.2, -0.15) is 12.6 Å². The second kappa shape index (κ2) is 8.46. The summed E-state index contributed by atoms with van der Waals surface area (Å²) in [6.45, 7) is 9.65. The molecular weight excluding hydrogens is 204 g/mol. The minimum Gasteiger partial charge on any atom is -0.378 e. The highest BCUT2D eigenvalue weighted by molar-refractivity contribution is 7.80. The van der Waals surface area contributed by atoms with Gasteiger partial charge in [0, 0.05) is 0 Å². The molecule has 0 fully saturated rings. The minimum atomic E-state index is 0.209. The van der Waals surface area contributed by atoms with Gasteiger partial charge in [0.25, 0.3) is 0 Å². The van der Waals surface area contributed by atoms with Crippen molar-refractivity contribution in [3.8, 4) is 0 Å². The first-order valence-electron chi connectivity index (χ1n) is 6.24. The predicted molar refractivity (Wildman–Crippen MR) is 71.8 cm³/mol. The SMILES string of the molecule is CCCCCCC(C)OCC(C)(C)CS. The molecule has 0 aliphatic carbocycles. The van der Waals surface area contributed by atoms with Crippen molar-refractivity contribution in [3.05, 3.63) is 0 Å². The lowest BCUT2D eigenvalue weighted by atomic mass is 9.98. The van der Waals surface area contributed by atoms with E-state index in [2.05, 4.69) is 40.3 Å². The van der Waals surface area contributed by atoms with Crippen LogP contribution in [0.2, 0.25) is 0 Å². The molecule has 0 aromatic carbocycles. The molecule has 1 unspecified atom stereocenters. The van der Waals surface area contributed by atoms with Crippen molar-refractivity contribution < 1.29 is 4.74 Å². The van der Waals surface area contributed by atoms with Gasteiger partial charge in [0.2, 0.25) is 0 Å². The Morgan fingerprint density at radius 2 is 1.87 bits per heavy atom. The fourth-order valence-corrected chi connectivity index (χ4v) is 1.45. The first kappa shape index (κ1) is 15.3. The summed E-state index contributed by atoms with van der Waals surface area (Å²) >= 11 is 4.32. The van der Waals surface area contributed by atoms with E-state index in [0.717, 1.165) is 12.4 Å². The van der Waals surface area contributed by atoms with Crippen molar-refractivity contribution in [2.45, 2.75) is 65.9 Å². The number of rotatable bonds is 9. The van der Waals surface area contributed by atoms with Crippen LogP contribution in [0.5, 0.6) is 0 Å². The van der Waals surface area contributed by atoms with Crippen molar-refractivity contribution in [2.75, 3.05) is 12.4 Å². The number of hydrogen-bond donors (Lipinski definition) is 1. The number of thiol groups is 1. The summed E-state index contributed by atoms with van der Waals surface area (Å²) in [6, 6.07) is 0. The summed E-state index contributed by atoms with van der Waals surface area (Å²) in [5, 5.41) is 0. The second-order valence-electron chi connectivity index (χ2n) is 5.29. The lowest BCUT2D eigenvalue weighted by Gasteiger charge is -2.24. The fraction of sp³-hybridized carbons (Fsp3) is 1.00. The molecule has 92 valence electrons. The normalized spacial score (nSPS) is 14.2. The molecule has 15 heavy (non-hydrogen) atoms. The van der Waals surface area contributed by atoms with Gasteiger partial charge in [-0.3, -0.25) is 0 Å². The van der Waals surface area contributed by atoms with Crippen molar-refractivity contribution >= 4 is 12.6 Å². The van der Waals surface area contributed by atoms with Crippen molar-refractivity contribution in [2.24, 2.45) is 5.41 Å². The Hall–Kier alpha value is 0.310. The Balaban J connectivity index is 3.44. The Morgan fingerprint density at radius 1 is 1.20 bits per heavy atom. The maximum atomic E-state index is 5.83. The summed E-state index contributed by atoms with van der Waals surface area (Å²) in [5.41, 5.74) is 0.209. The molecule has 0 N–H and O–H groups in total. The molecule has 0 rings (SSSR count). The number of ether oxygens (including phenoxy) is 1. The maximum absolute atomic E-state index is 5.83. The zero-order valence-corrected chi connectivity index (χ0v) is 11.8. The van der Waals surface area contributed by atoms with E-state index in [0.29, 0.717) is 6.10 Å². The maximum Gasteiger partial charge on any atom is 0.0547 e. The van der Waals surface area contributed by atoms with Gasteiger partial charge in [-0.15, -0.1) is 0 Å². The number of unbranched alkanes of at least 4 members (excludes halogenated alkanes) is 3. The van der Waals surface area contributed by atoms with Crippen LogP contribution < -0.4 is 0 Å². The highest BCUT2D eigenvalue weighted by Gasteiger charge is 2.17. The summed E-state index contributed by atoms with van der Waals surface area (Å²) in [4.78, 5) is 0.